The van der Waals surface area contributed by atoms with Gasteiger partial charge in [0.25, 0.3) is 0 Å². The van der Waals surface area contributed by atoms with Gasteiger partial charge in [-0.05, 0) is 30.2 Å². The van der Waals surface area contributed by atoms with E-state index in [2.05, 4.69) is 0 Å². The van der Waals surface area contributed by atoms with Crippen LogP contribution >= 0.6 is 11.6 Å². The molecule has 1 aromatic carbocycles. The Hall–Kier alpha value is -1.57. The molecule has 17 heavy (non-hydrogen) atoms. The van der Waals surface area contributed by atoms with Gasteiger partial charge in [-0.15, -0.1) is 0 Å². The van der Waals surface area contributed by atoms with Gasteiger partial charge in [-0.2, -0.15) is 5.26 Å². The third kappa shape index (κ3) is 3.45. The third-order valence-electron chi connectivity index (χ3n) is 2.20. The van der Waals surface area contributed by atoms with Gasteiger partial charge < -0.3 is 9.84 Å². The first-order valence-corrected chi connectivity index (χ1v) is 5.48. The van der Waals surface area contributed by atoms with E-state index in [1.54, 1.807) is 6.92 Å². The SMILES string of the molecule is CCOC(=O)Cc1cc(C#N)c(CO)cc1Cl. The van der Waals surface area contributed by atoms with Crippen LogP contribution in [0.3, 0.4) is 0 Å². The highest BCUT2D eigenvalue weighted by Gasteiger charge is 2.12. The molecule has 4 nitrogen and oxygen atoms in total. The van der Waals surface area contributed by atoms with Crippen molar-refractivity contribution >= 4 is 17.6 Å². The minimum atomic E-state index is -0.393. The van der Waals surface area contributed by atoms with Crippen LogP contribution in [-0.2, 0) is 22.6 Å². The third-order valence-corrected chi connectivity index (χ3v) is 2.55. The largest absolute Gasteiger partial charge is 0.466 e. The smallest absolute Gasteiger partial charge is 0.310 e. The molecule has 0 spiro atoms. The lowest BCUT2D eigenvalue weighted by Gasteiger charge is -2.07. The number of nitriles is 1. The number of carbonyl (C=O) groups is 1. The van der Waals surface area contributed by atoms with Crippen LogP contribution < -0.4 is 0 Å². The normalized spacial score (nSPS) is 9.76. The zero-order valence-electron chi connectivity index (χ0n) is 9.36. The maximum Gasteiger partial charge on any atom is 0.310 e. The Kier molecular flexibility index (Phi) is 4.95. The van der Waals surface area contributed by atoms with Crippen molar-refractivity contribution in [1.29, 1.82) is 5.26 Å². The summed E-state index contributed by atoms with van der Waals surface area (Å²) in [4.78, 5) is 11.3. The molecule has 0 fully saturated rings. The van der Waals surface area contributed by atoms with E-state index in [4.69, 9.17) is 26.7 Å². The second kappa shape index (κ2) is 6.24. The molecule has 0 aliphatic carbocycles. The first-order valence-electron chi connectivity index (χ1n) is 5.10. The molecule has 0 aliphatic rings. The van der Waals surface area contributed by atoms with Gasteiger partial charge in [0.15, 0.2) is 0 Å². The van der Waals surface area contributed by atoms with E-state index in [-0.39, 0.29) is 13.0 Å². The van der Waals surface area contributed by atoms with Crippen molar-refractivity contribution in [2.24, 2.45) is 0 Å². The van der Waals surface area contributed by atoms with Crippen LogP contribution in [0.5, 0.6) is 0 Å². The Labute approximate surface area is 104 Å². The van der Waals surface area contributed by atoms with Gasteiger partial charge in [-0.3, -0.25) is 4.79 Å². The summed E-state index contributed by atoms with van der Waals surface area (Å²) in [6, 6.07) is 4.95. The molecule has 0 radical (unpaired) electrons. The Balaban J connectivity index is 3.01. The molecule has 0 atom stereocenters. The van der Waals surface area contributed by atoms with Gasteiger partial charge in [-0.1, -0.05) is 11.6 Å². The summed E-state index contributed by atoms with van der Waals surface area (Å²) in [6.07, 6.45) is 0.0209. The molecule has 0 bridgehead atoms. The van der Waals surface area contributed by atoms with Gasteiger partial charge in [0, 0.05) is 5.02 Å². The number of benzene rings is 1. The lowest BCUT2D eigenvalue weighted by atomic mass is 10.0. The Morgan fingerprint density at radius 2 is 2.24 bits per heavy atom. The van der Waals surface area contributed by atoms with Crippen LogP contribution in [0.4, 0.5) is 0 Å². The molecular formula is C12H12ClNO3. The molecule has 1 rings (SSSR count). The van der Waals surface area contributed by atoms with E-state index in [9.17, 15) is 4.79 Å². The lowest BCUT2D eigenvalue weighted by Crippen LogP contribution is -2.08. The van der Waals surface area contributed by atoms with Gasteiger partial charge in [0.05, 0.1) is 31.3 Å². The van der Waals surface area contributed by atoms with Crippen molar-refractivity contribution in [1.82, 2.24) is 0 Å². The molecular weight excluding hydrogens is 242 g/mol. The minimum Gasteiger partial charge on any atom is -0.466 e. The number of aliphatic hydroxyl groups excluding tert-OH is 1. The zero-order chi connectivity index (χ0) is 12.8. The second-order valence-corrected chi connectivity index (χ2v) is 3.76. The summed E-state index contributed by atoms with van der Waals surface area (Å²) in [5.74, 6) is -0.393. The van der Waals surface area contributed by atoms with Crippen LogP contribution in [-0.4, -0.2) is 17.7 Å². The van der Waals surface area contributed by atoms with E-state index in [1.807, 2.05) is 6.07 Å². The summed E-state index contributed by atoms with van der Waals surface area (Å²) < 4.78 is 4.80. The molecule has 90 valence electrons. The number of carbonyl (C=O) groups excluding carboxylic acids is 1. The molecule has 1 N–H and O–H groups in total. The molecule has 0 unspecified atom stereocenters. The molecule has 0 amide bonds. The molecule has 0 saturated heterocycles. The lowest BCUT2D eigenvalue weighted by molar-refractivity contribution is -0.142. The predicted molar refractivity (Wildman–Crippen MR) is 62.4 cm³/mol. The number of halogens is 1. The Bertz CT molecular complexity index is 466. The summed E-state index contributed by atoms with van der Waals surface area (Å²) >= 11 is 5.95. The number of ether oxygens (including phenoxy) is 1. The Morgan fingerprint density at radius 1 is 1.53 bits per heavy atom. The van der Waals surface area contributed by atoms with Crippen molar-refractivity contribution in [3.63, 3.8) is 0 Å². The standard InChI is InChI=1S/C12H12ClNO3/c1-2-17-12(16)5-8-3-9(6-14)10(7-15)4-11(8)13/h3-4,15H,2,5,7H2,1H3. The maximum atomic E-state index is 11.3. The van der Waals surface area contributed by atoms with E-state index < -0.39 is 5.97 Å². The quantitative estimate of drug-likeness (QED) is 0.831. The first kappa shape index (κ1) is 13.5. The summed E-state index contributed by atoms with van der Waals surface area (Å²) in [5.41, 5.74) is 1.29. The predicted octanol–water partition coefficient (Wildman–Crippen LogP) is 1.81. The number of aliphatic hydroxyl groups is 1. The number of hydrogen-bond donors (Lipinski definition) is 1. The van der Waals surface area contributed by atoms with Crippen molar-refractivity contribution in [2.45, 2.75) is 20.0 Å². The number of esters is 1. The van der Waals surface area contributed by atoms with E-state index in [0.29, 0.717) is 28.3 Å². The van der Waals surface area contributed by atoms with Gasteiger partial charge >= 0.3 is 5.97 Å². The topological polar surface area (TPSA) is 70.3 Å². The average Bonchev–Trinajstić information content (AvgIpc) is 2.31. The van der Waals surface area contributed by atoms with E-state index in [1.165, 1.54) is 12.1 Å². The van der Waals surface area contributed by atoms with Gasteiger partial charge in [0.1, 0.15) is 0 Å². The first-order chi connectivity index (χ1) is 8.12. The number of rotatable bonds is 4. The highest BCUT2D eigenvalue weighted by atomic mass is 35.5. The fourth-order valence-corrected chi connectivity index (χ4v) is 1.65. The maximum absolute atomic E-state index is 11.3. The molecule has 1 aromatic rings. The second-order valence-electron chi connectivity index (χ2n) is 3.35. The molecule has 0 aromatic heterocycles. The number of hydrogen-bond acceptors (Lipinski definition) is 4. The summed E-state index contributed by atoms with van der Waals surface area (Å²) in [5, 5.41) is 18.3. The molecule has 0 saturated carbocycles. The number of nitrogens with zero attached hydrogens (tertiary/aromatic N) is 1. The minimum absolute atomic E-state index is 0.0209. The van der Waals surface area contributed by atoms with Crippen molar-refractivity contribution in [3.8, 4) is 6.07 Å². The van der Waals surface area contributed by atoms with Crippen LogP contribution in [0.25, 0.3) is 0 Å². The molecule has 0 aliphatic heterocycles. The van der Waals surface area contributed by atoms with Gasteiger partial charge in [0.2, 0.25) is 0 Å². The highest BCUT2D eigenvalue weighted by molar-refractivity contribution is 6.31. The van der Waals surface area contributed by atoms with Crippen LogP contribution in [0.15, 0.2) is 12.1 Å². The fourth-order valence-electron chi connectivity index (χ4n) is 1.40. The van der Waals surface area contributed by atoms with Crippen LogP contribution in [0.2, 0.25) is 5.02 Å². The van der Waals surface area contributed by atoms with Crippen molar-refractivity contribution in [3.05, 3.63) is 33.8 Å². The summed E-state index contributed by atoms with van der Waals surface area (Å²) in [6.45, 7) is 1.76. The molecule has 5 heteroatoms. The van der Waals surface area contributed by atoms with Crippen molar-refractivity contribution < 1.29 is 14.6 Å². The summed E-state index contributed by atoms with van der Waals surface area (Å²) in [7, 11) is 0. The van der Waals surface area contributed by atoms with E-state index in [0.717, 1.165) is 0 Å². The van der Waals surface area contributed by atoms with Crippen LogP contribution in [0, 0.1) is 11.3 Å². The zero-order valence-corrected chi connectivity index (χ0v) is 10.1. The monoisotopic (exact) mass is 253 g/mol. The van der Waals surface area contributed by atoms with E-state index >= 15 is 0 Å². The van der Waals surface area contributed by atoms with Crippen molar-refractivity contribution in [2.75, 3.05) is 6.61 Å². The highest BCUT2D eigenvalue weighted by Crippen LogP contribution is 2.22. The van der Waals surface area contributed by atoms with Gasteiger partial charge in [-0.25, -0.2) is 0 Å². The fraction of sp³-hybridized carbons (Fsp3) is 0.333. The molecule has 0 heterocycles. The van der Waals surface area contributed by atoms with Crippen LogP contribution in [0.1, 0.15) is 23.6 Å². The Morgan fingerprint density at radius 3 is 2.76 bits per heavy atom. The average molecular weight is 254 g/mol.